The van der Waals surface area contributed by atoms with Crippen LogP contribution in [0.4, 0.5) is 5.82 Å². The molecule has 3 saturated heterocycles. The number of aliphatic hydroxyl groups excluding tert-OH is 4. The number of aliphatic hydroxyl groups is 4. The van der Waals surface area contributed by atoms with Crippen molar-refractivity contribution in [2.75, 3.05) is 91.5 Å². The maximum atomic E-state index is 13.2. The van der Waals surface area contributed by atoms with Crippen LogP contribution in [0.1, 0.15) is 33.6 Å². The number of hydrogen-bond donors (Lipinski definition) is 7. The number of nitrogens with one attached hydrogen (secondary N) is 3. The average Bonchev–Trinajstić information content (AvgIpc) is 3.73. The quantitative estimate of drug-likeness (QED) is 0.0499. The number of piperidine rings is 1. The van der Waals surface area contributed by atoms with Crippen molar-refractivity contribution in [1.82, 2.24) is 35.4 Å². The van der Waals surface area contributed by atoms with Crippen LogP contribution in [0.2, 0.25) is 0 Å². The Bertz CT molecular complexity index is 1930. The van der Waals surface area contributed by atoms with Gasteiger partial charge >= 0.3 is 0 Å². The van der Waals surface area contributed by atoms with E-state index in [9.17, 15) is 34.8 Å². The van der Waals surface area contributed by atoms with E-state index in [1.54, 1.807) is 16.4 Å². The van der Waals surface area contributed by atoms with E-state index in [4.69, 9.17) is 50.6 Å². The molecule has 23 nitrogen and oxygen atoms in total. The minimum absolute atomic E-state index is 0.00804. The molecule has 65 heavy (non-hydrogen) atoms. The summed E-state index contributed by atoms with van der Waals surface area (Å²) in [5.41, 5.74) is 0.637. The van der Waals surface area contributed by atoms with Crippen molar-refractivity contribution in [2.24, 2.45) is 5.92 Å². The number of fused-ring (bicyclic) bond motifs is 1. The third kappa shape index (κ3) is 13.2. The smallest absolute Gasteiger partial charge is 0.252 e. The molecule has 5 rings (SSSR count). The summed E-state index contributed by atoms with van der Waals surface area (Å²) in [7, 11) is 3.20. The number of likely N-dealkylation sites (tertiary alicyclic amines) is 1. The molecule has 3 aliphatic rings. The van der Waals surface area contributed by atoms with E-state index in [0.717, 1.165) is 17.6 Å². The molecule has 4 unspecified atom stereocenters. The average molecular weight is 938 g/mol. The van der Waals surface area contributed by atoms with Crippen molar-refractivity contribution >= 4 is 51.9 Å². The van der Waals surface area contributed by atoms with Crippen molar-refractivity contribution in [1.29, 1.82) is 5.26 Å². The highest BCUT2D eigenvalue weighted by Crippen LogP contribution is 2.32. The summed E-state index contributed by atoms with van der Waals surface area (Å²) in [5.74, 6) is -0.271. The molecule has 12 atom stereocenters. The second kappa shape index (κ2) is 25.1. The first-order valence-corrected chi connectivity index (χ1v) is 22.0. The van der Waals surface area contributed by atoms with Gasteiger partial charge in [-0.3, -0.25) is 19.0 Å². The number of amides is 3. The lowest BCUT2D eigenvalue weighted by atomic mass is 9.92. The summed E-state index contributed by atoms with van der Waals surface area (Å²) in [6.07, 6.45) is -8.19. The number of likely N-dealkylation sites (N-methyl/N-ethyl adjacent to an activating group) is 1. The number of hydrogen-bond acceptors (Lipinski definition) is 19. The first-order chi connectivity index (χ1) is 31.2. The fourth-order valence-corrected chi connectivity index (χ4v) is 8.41. The molecule has 0 spiro atoms. The molecule has 0 bridgehead atoms. The molecule has 24 heteroatoms. The SMILES string of the molecule is CO[C@@H]1C(C(=O)NCCOCCOCCOCCNC(=S)n2ccc3c(N(C)[C@H]4CN(C(=O)CC#N)CC[C@H]4C)ncnc32)O[C@@H](O[C@@H]2C(NC(C)=O)[C@H](C)OC(CO)[C@H]2O)C(O)[C@H]1O. The maximum Gasteiger partial charge on any atom is 0.252 e. The number of carbonyl (C=O) groups is 3. The predicted molar refractivity (Wildman–Crippen MR) is 233 cm³/mol. The van der Waals surface area contributed by atoms with E-state index >= 15 is 0 Å². The van der Waals surface area contributed by atoms with Crippen LogP contribution in [0.25, 0.3) is 11.0 Å². The molecule has 3 aliphatic heterocycles. The highest BCUT2D eigenvalue weighted by atomic mass is 32.1. The molecule has 2 aromatic rings. The summed E-state index contributed by atoms with van der Waals surface area (Å²) in [6.45, 7) is 7.71. The summed E-state index contributed by atoms with van der Waals surface area (Å²) in [4.78, 5) is 50.4. The minimum atomic E-state index is -1.71. The van der Waals surface area contributed by atoms with Gasteiger partial charge in [-0.1, -0.05) is 6.92 Å². The standard InChI is InChI=1S/C41H63N9O14S/c1-23-7-12-49(29(53)6-9-42)20-27(23)48(4)37-26-8-13-50(38(26)46-22-45-37)41(65)44-11-15-60-17-19-61-18-16-59-14-10-43-39(57)36-35(58-5)32(55)33(56)40(64-36)63-34-30(47-25(3)52)24(2)62-28(21-51)31(34)54/h8,13,22-24,27-28,30-36,40,51,54-56H,6-7,10-12,14-21H2,1-5H3,(H,43,57)(H,44,65)(H,47,52)/t23-,24+,27+,28?,30?,31-,32-,33?,34-,35+,36?,40-/m1/s1. The van der Waals surface area contributed by atoms with Crippen molar-refractivity contribution < 1.29 is 68.0 Å². The zero-order valence-electron chi connectivity index (χ0n) is 37.3. The van der Waals surface area contributed by atoms with Crippen molar-refractivity contribution in [3.05, 3.63) is 18.6 Å². The van der Waals surface area contributed by atoms with Crippen LogP contribution < -0.4 is 20.9 Å². The van der Waals surface area contributed by atoms with Crippen LogP contribution in [-0.4, -0.2) is 216 Å². The van der Waals surface area contributed by atoms with Crippen molar-refractivity contribution in [3.8, 4) is 6.07 Å². The molecule has 0 radical (unpaired) electrons. The number of anilines is 1. The molecular weight excluding hydrogens is 875 g/mol. The summed E-state index contributed by atoms with van der Waals surface area (Å²) < 4.78 is 41.2. The van der Waals surface area contributed by atoms with Crippen LogP contribution in [0, 0.1) is 17.2 Å². The van der Waals surface area contributed by atoms with Crippen LogP contribution in [-0.2, 0) is 47.5 Å². The first kappa shape index (κ1) is 51.7. The summed E-state index contributed by atoms with van der Waals surface area (Å²) >= 11 is 5.65. The van der Waals surface area contributed by atoms with Gasteiger partial charge in [0.2, 0.25) is 11.8 Å². The van der Waals surface area contributed by atoms with E-state index in [1.807, 2.05) is 25.4 Å². The Kier molecular flexibility index (Phi) is 19.9. The lowest BCUT2D eigenvalue weighted by molar-refractivity contribution is -0.325. The van der Waals surface area contributed by atoms with Crippen molar-refractivity contribution in [3.63, 3.8) is 0 Å². The van der Waals surface area contributed by atoms with E-state index in [-0.39, 0.29) is 44.7 Å². The van der Waals surface area contributed by atoms with Crippen molar-refractivity contribution in [2.45, 2.75) is 101 Å². The largest absolute Gasteiger partial charge is 0.394 e. The highest BCUT2D eigenvalue weighted by Gasteiger charge is 2.52. The predicted octanol–water partition coefficient (Wildman–Crippen LogP) is -2.60. The molecule has 0 aromatic carbocycles. The van der Waals surface area contributed by atoms with E-state index in [0.29, 0.717) is 56.1 Å². The Balaban J connectivity index is 0.964. The third-order valence-electron chi connectivity index (χ3n) is 11.7. The lowest BCUT2D eigenvalue weighted by Crippen LogP contribution is -2.68. The van der Waals surface area contributed by atoms with Gasteiger partial charge in [-0.05, 0) is 37.5 Å². The summed E-state index contributed by atoms with van der Waals surface area (Å²) in [5, 5.41) is 61.0. The molecule has 3 fully saturated rings. The Morgan fingerprint density at radius 1 is 0.985 bits per heavy atom. The van der Waals surface area contributed by atoms with Crippen LogP contribution in [0.3, 0.4) is 0 Å². The van der Waals surface area contributed by atoms with Gasteiger partial charge in [0.1, 0.15) is 55.2 Å². The Hall–Kier alpha value is -4.23. The number of rotatable bonds is 21. The van der Waals surface area contributed by atoms with Gasteiger partial charge < -0.3 is 79.3 Å². The zero-order chi connectivity index (χ0) is 47.2. The number of methoxy groups -OCH3 is 1. The number of aromatic nitrogens is 3. The maximum absolute atomic E-state index is 13.2. The van der Waals surface area contributed by atoms with Crippen LogP contribution >= 0.6 is 12.2 Å². The first-order valence-electron chi connectivity index (χ1n) is 21.6. The molecule has 362 valence electrons. The lowest BCUT2D eigenvalue weighted by Gasteiger charge is -2.47. The zero-order valence-corrected chi connectivity index (χ0v) is 38.1. The number of carbonyl (C=O) groups excluding carboxylic acids is 3. The van der Waals surface area contributed by atoms with Crippen LogP contribution in [0.5, 0.6) is 0 Å². The molecule has 0 saturated carbocycles. The van der Waals surface area contributed by atoms with Gasteiger partial charge in [-0.15, -0.1) is 0 Å². The number of thiocarbonyl (C=S) groups is 1. The van der Waals surface area contributed by atoms with E-state index < -0.39 is 79.6 Å². The van der Waals surface area contributed by atoms with Gasteiger partial charge in [0, 0.05) is 53.5 Å². The molecular formula is C41H63N9O14S. The Morgan fingerprint density at radius 3 is 2.31 bits per heavy atom. The highest BCUT2D eigenvalue weighted by molar-refractivity contribution is 7.80. The Labute approximate surface area is 382 Å². The Morgan fingerprint density at radius 2 is 1.66 bits per heavy atom. The number of nitriles is 1. The van der Waals surface area contributed by atoms with Gasteiger partial charge in [0.05, 0.1) is 75.9 Å². The summed E-state index contributed by atoms with van der Waals surface area (Å²) in [6, 6.07) is 2.95. The van der Waals surface area contributed by atoms with Gasteiger partial charge in [-0.25, -0.2) is 9.97 Å². The van der Waals surface area contributed by atoms with Crippen LogP contribution in [0.15, 0.2) is 18.6 Å². The topological polar surface area (TPSA) is 294 Å². The van der Waals surface area contributed by atoms with Gasteiger partial charge in [-0.2, -0.15) is 5.26 Å². The molecule has 3 amide bonds. The second-order valence-electron chi connectivity index (χ2n) is 16.1. The fraction of sp³-hybridized carbons (Fsp3) is 0.732. The molecule has 2 aromatic heterocycles. The normalized spacial score (nSPS) is 29.2. The van der Waals surface area contributed by atoms with Gasteiger partial charge in [0.15, 0.2) is 23.2 Å². The molecule has 5 heterocycles. The fourth-order valence-electron chi connectivity index (χ4n) is 8.16. The van der Waals surface area contributed by atoms with E-state index in [2.05, 4.69) is 37.7 Å². The number of ether oxygens (including phenoxy) is 7. The third-order valence-corrected chi connectivity index (χ3v) is 12.0. The van der Waals surface area contributed by atoms with E-state index in [1.165, 1.54) is 20.4 Å². The molecule has 7 N–H and O–H groups in total. The van der Waals surface area contributed by atoms with Gasteiger partial charge in [0.25, 0.3) is 5.91 Å². The number of nitrogens with zero attached hydrogens (tertiary/aromatic N) is 6. The minimum Gasteiger partial charge on any atom is -0.394 e. The second-order valence-corrected chi connectivity index (χ2v) is 16.5. The molecule has 0 aliphatic carbocycles. The monoisotopic (exact) mass is 937 g/mol.